The molecule has 1 aromatic carbocycles. The standard InChI is InChI=1S/C17H24N2O5/c1-5-19(13-9-7-6-8-10-13)14(20)11-18(12-15(21)22)16(23)24-17(2,3)4/h6-10H,5,11-12H2,1-4H3,(H,21,22). The monoisotopic (exact) mass is 336 g/mol. The number of rotatable bonds is 6. The first kappa shape index (κ1) is 19.5. The third-order valence-electron chi connectivity index (χ3n) is 2.99. The summed E-state index contributed by atoms with van der Waals surface area (Å²) in [6.07, 6.45) is -0.831. The number of carboxylic acids is 1. The molecule has 0 aliphatic rings. The van der Waals surface area contributed by atoms with Gasteiger partial charge in [-0.15, -0.1) is 0 Å². The number of carbonyl (C=O) groups is 3. The van der Waals surface area contributed by atoms with Gasteiger partial charge in [-0.1, -0.05) is 18.2 Å². The van der Waals surface area contributed by atoms with E-state index in [4.69, 9.17) is 9.84 Å². The predicted molar refractivity (Wildman–Crippen MR) is 89.9 cm³/mol. The Hall–Kier alpha value is -2.57. The van der Waals surface area contributed by atoms with Crippen LogP contribution in [-0.4, -0.2) is 53.2 Å². The normalized spacial score (nSPS) is 10.8. The second-order valence-electron chi connectivity index (χ2n) is 6.20. The van der Waals surface area contributed by atoms with E-state index in [0.717, 1.165) is 4.90 Å². The number of para-hydroxylation sites is 1. The average molecular weight is 336 g/mol. The van der Waals surface area contributed by atoms with Gasteiger partial charge >= 0.3 is 12.1 Å². The smallest absolute Gasteiger partial charge is 0.411 e. The molecule has 0 aromatic heterocycles. The van der Waals surface area contributed by atoms with Gasteiger partial charge in [0.1, 0.15) is 18.7 Å². The van der Waals surface area contributed by atoms with Gasteiger partial charge in [-0.25, -0.2) is 4.79 Å². The Kier molecular flexibility index (Phi) is 6.76. The van der Waals surface area contributed by atoms with E-state index >= 15 is 0 Å². The van der Waals surface area contributed by atoms with E-state index in [1.54, 1.807) is 52.0 Å². The van der Waals surface area contributed by atoms with Crippen LogP contribution < -0.4 is 4.90 Å². The molecule has 1 aromatic rings. The molecule has 0 atom stereocenters. The van der Waals surface area contributed by atoms with Gasteiger partial charge in [0, 0.05) is 12.2 Å². The third-order valence-corrected chi connectivity index (χ3v) is 2.99. The zero-order chi connectivity index (χ0) is 18.3. The number of amides is 2. The van der Waals surface area contributed by atoms with Crippen LogP contribution >= 0.6 is 0 Å². The van der Waals surface area contributed by atoms with Crippen molar-refractivity contribution in [2.75, 3.05) is 24.5 Å². The van der Waals surface area contributed by atoms with Crippen LogP contribution in [-0.2, 0) is 14.3 Å². The van der Waals surface area contributed by atoms with E-state index in [9.17, 15) is 14.4 Å². The number of hydrogen-bond donors (Lipinski definition) is 1. The highest BCUT2D eigenvalue weighted by Crippen LogP contribution is 2.15. The van der Waals surface area contributed by atoms with Crippen molar-refractivity contribution < 1.29 is 24.2 Å². The summed E-state index contributed by atoms with van der Waals surface area (Å²) < 4.78 is 5.17. The van der Waals surface area contributed by atoms with Gasteiger partial charge in [0.05, 0.1) is 0 Å². The molecule has 1 rings (SSSR count). The number of carboxylic acid groups (broad SMARTS) is 1. The summed E-state index contributed by atoms with van der Waals surface area (Å²) in [5.74, 6) is -1.59. The molecule has 0 saturated heterocycles. The predicted octanol–water partition coefficient (Wildman–Crippen LogP) is 2.36. The number of hydrogen-bond acceptors (Lipinski definition) is 4. The van der Waals surface area contributed by atoms with Gasteiger partial charge in [-0.05, 0) is 39.8 Å². The number of likely N-dealkylation sites (N-methyl/N-ethyl adjacent to an activating group) is 1. The quantitative estimate of drug-likeness (QED) is 0.862. The first-order valence-electron chi connectivity index (χ1n) is 7.69. The maximum atomic E-state index is 12.5. The minimum Gasteiger partial charge on any atom is -0.480 e. The Morgan fingerprint density at radius 2 is 1.67 bits per heavy atom. The van der Waals surface area contributed by atoms with Crippen LogP contribution in [0, 0.1) is 0 Å². The highest BCUT2D eigenvalue weighted by molar-refractivity contribution is 5.96. The Balaban J connectivity index is 2.90. The Morgan fingerprint density at radius 1 is 1.08 bits per heavy atom. The third kappa shape index (κ3) is 6.28. The molecule has 7 heteroatoms. The van der Waals surface area contributed by atoms with Crippen LogP contribution in [0.5, 0.6) is 0 Å². The molecule has 0 unspecified atom stereocenters. The number of carbonyl (C=O) groups excluding carboxylic acids is 2. The van der Waals surface area contributed by atoms with Crippen LogP contribution in [0.25, 0.3) is 0 Å². The van der Waals surface area contributed by atoms with E-state index in [1.165, 1.54) is 4.90 Å². The second-order valence-corrected chi connectivity index (χ2v) is 6.20. The number of nitrogens with zero attached hydrogens (tertiary/aromatic N) is 2. The maximum absolute atomic E-state index is 12.5. The van der Waals surface area contributed by atoms with E-state index in [2.05, 4.69) is 0 Å². The number of benzene rings is 1. The summed E-state index contributed by atoms with van der Waals surface area (Å²) in [6.45, 7) is 6.25. The maximum Gasteiger partial charge on any atom is 0.411 e. The summed E-state index contributed by atoms with van der Waals surface area (Å²) in [7, 11) is 0. The minimum absolute atomic E-state index is 0.371. The molecule has 7 nitrogen and oxygen atoms in total. The lowest BCUT2D eigenvalue weighted by Gasteiger charge is -2.28. The van der Waals surface area contributed by atoms with Gasteiger partial charge in [-0.3, -0.25) is 14.5 Å². The summed E-state index contributed by atoms with van der Waals surface area (Å²) in [6, 6.07) is 8.98. The Morgan fingerprint density at radius 3 is 2.12 bits per heavy atom. The van der Waals surface area contributed by atoms with Crippen LogP contribution in [0.1, 0.15) is 27.7 Å². The highest BCUT2D eigenvalue weighted by Gasteiger charge is 2.27. The van der Waals surface area contributed by atoms with Crippen molar-refractivity contribution in [3.63, 3.8) is 0 Å². The summed E-state index contributed by atoms with van der Waals surface area (Å²) in [5.41, 5.74) is -0.0923. The van der Waals surface area contributed by atoms with Crippen molar-refractivity contribution in [2.24, 2.45) is 0 Å². The average Bonchev–Trinajstić information content (AvgIpc) is 2.46. The van der Waals surface area contributed by atoms with E-state index in [-0.39, 0.29) is 12.5 Å². The molecule has 0 aliphatic heterocycles. The fourth-order valence-electron chi connectivity index (χ4n) is 2.03. The molecule has 0 saturated carbocycles. The van der Waals surface area contributed by atoms with Crippen molar-refractivity contribution in [1.82, 2.24) is 4.90 Å². The van der Waals surface area contributed by atoms with Crippen molar-refractivity contribution >= 4 is 23.7 Å². The summed E-state index contributed by atoms with van der Waals surface area (Å²) in [4.78, 5) is 38.0. The molecule has 0 heterocycles. The molecule has 24 heavy (non-hydrogen) atoms. The van der Waals surface area contributed by atoms with Crippen LogP contribution in [0.2, 0.25) is 0 Å². The molecule has 132 valence electrons. The topological polar surface area (TPSA) is 87.2 Å². The van der Waals surface area contributed by atoms with Gasteiger partial charge in [-0.2, -0.15) is 0 Å². The molecular weight excluding hydrogens is 312 g/mol. The van der Waals surface area contributed by atoms with Gasteiger partial charge in [0.15, 0.2) is 0 Å². The summed E-state index contributed by atoms with van der Waals surface area (Å²) in [5, 5.41) is 8.98. The number of anilines is 1. The lowest BCUT2D eigenvalue weighted by atomic mass is 10.2. The van der Waals surface area contributed by atoms with Crippen molar-refractivity contribution in [3.8, 4) is 0 Å². The molecule has 0 bridgehead atoms. The van der Waals surface area contributed by atoms with Gasteiger partial charge in [0.25, 0.3) is 0 Å². The Labute approximate surface area is 141 Å². The number of ether oxygens (including phenoxy) is 1. The van der Waals surface area contributed by atoms with Crippen molar-refractivity contribution in [2.45, 2.75) is 33.3 Å². The molecular formula is C17H24N2O5. The SMILES string of the molecule is CCN(C(=O)CN(CC(=O)O)C(=O)OC(C)(C)C)c1ccccc1. The van der Waals surface area contributed by atoms with E-state index in [0.29, 0.717) is 12.2 Å². The van der Waals surface area contributed by atoms with Crippen LogP contribution in [0.4, 0.5) is 10.5 Å². The molecule has 1 N–H and O–H groups in total. The van der Waals surface area contributed by atoms with Crippen molar-refractivity contribution in [1.29, 1.82) is 0 Å². The Bertz CT molecular complexity index is 580. The minimum atomic E-state index is -1.21. The van der Waals surface area contributed by atoms with Crippen LogP contribution in [0.15, 0.2) is 30.3 Å². The first-order chi connectivity index (χ1) is 11.1. The highest BCUT2D eigenvalue weighted by atomic mass is 16.6. The molecule has 0 fully saturated rings. The molecule has 2 amide bonds. The van der Waals surface area contributed by atoms with Gasteiger partial charge in [0.2, 0.25) is 5.91 Å². The fourth-order valence-corrected chi connectivity index (χ4v) is 2.03. The second kappa shape index (κ2) is 8.33. The van der Waals surface area contributed by atoms with Crippen molar-refractivity contribution in [3.05, 3.63) is 30.3 Å². The van der Waals surface area contributed by atoms with Crippen LogP contribution in [0.3, 0.4) is 0 Å². The van der Waals surface area contributed by atoms with Gasteiger partial charge < -0.3 is 14.7 Å². The lowest BCUT2D eigenvalue weighted by Crippen LogP contribution is -2.46. The fraction of sp³-hybridized carbons (Fsp3) is 0.471. The molecule has 0 radical (unpaired) electrons. The van der Waals surface area contributed by atoms with E-state index in [1.807, 2.05) is 6.07 Å². The number of aliphatic carboxylic acids is 1. The lowest BCUT2D eigenvalue weighted by molar-refractivity contribution is -0.138. The first-order valence-corrected chi connectivity index (χ1v) is 7.69. The largest absolute Gasteiger partial charge is 0.480 e. The zero-order valence-corrected chi connectivity index (χ0v) is 14.5. The summed E-state index contributed by atoms with van der Waals surface area (Å²) >= 11 is 0. The zero-order valence-electron chi connectivity index (χ0n) is 14.5. The molecule has 0 spiro atoms. The van der Waals surface area contributed by atoms with E-state index < -0.39 is 24.2 Å². The molecule has 0 aliphatic carbocycles.